The third-order valence-electron chi connectivity index (χ3n) is 4.26. The molecule has 6 nitrogen and oxygen atoms in total. The van der Waals surface area contributed by atoms with E-state index in [1.807, 2.05) is 6.92 Å². The molecule has 0 aliphatic rings. The summed E-state index contributed by atoms with van der Waals surface area (Å²) >= 11 is 0. The van der Waals surface area contributed by atoms with Crippen molar-refractivity contribution in [3.05, 3.63) is 77.4 Å². The van der Waals surface area contributed by atoms with Gasteiger partial charge in [0.15, 0.2) is 6.61 Å². The van der Waals surface area contributed by atoms with Crippen LogP contribution in [0.3, 0.4) is 0 Å². The molecular weight excluding hydrogens is 382 g/mol. The van der Waals surface area contributed by atoms with Gasteiger partial charge in [0.1, 0.15) is 11.4 Å². The second kappa shape index (κ2) is 8.64. The Morgan fingerprint density at radius 2 is 1.83 bits per heavy atom. The molecule has 0 radical (unpaired) electrons. The summed E-state index contributed by atoms with van der Waals surface area (Å²) in [6.45, 7) is 0.257. The SMILES string of the molecule is Cc1cc(C(=O)COC(=O)c2ccccn2)c(C)n1-c1ccc(OC(F)F)cc1. The topological polar surface area (TPSA) is 70.4 Å². The number of hydrogen-bond donors (Lipinski definition) is 0. The fourth-order valence-electron chi connectivity index (χ4n) is 2.99. The molecule has 1 aromatic carbocycles. The third-order valence-corrected chi connectivity index (χ3v) is 4.26. The molecule has 0 N–H and O–H groups in total. The summed E-state index contributed by atoms with van der Waals surface area (Å²) in [6, 6.07) is 12.6. The van der Waals surface area contributed by atoms with Crippen LogP contribution in [0.2, 0.25) is 0 Å². The number of pyridine rings is 1. The van der Waals surface area contributed by atoms with E-state index in [0.717, 1.165) is 5.69 Å². The maximum absolute atomic E-state index is 12.6. The number of alkyl halides is 2. The van der Waals surface area contributed by atoms with Crippen molar-refractivity contribution < 1.29 is 27.8 Å². The van der Waals surface area contributed by atoms with Crippen molar-refractivity contribution in [2.75, 3.05) is 6.61 Å². The molecule has 29 heavy (non-hydrogen) atoms. The molecule has 3 aromatic rings. The molecule has 0 aliphatic heterocycles. The van der Waals surface area contributed by atoms with Crippen LogP contribution in [0.4, 0.5) is 8.78 Å². The zero-order valence-electron chi connectivity index (χ0n) is 15.8. The quantitative estimate of drug-likeness (QED) is 0.441. The van der Waals surface area contributed by atoms with Gasteiger partial charge in [0.2, 0.25) is 5.78 Å². The highest BCUT2D eigenvalue weighted by atomic mass is 19.3. The Hall–Kier alpha value is -3.55. The maximum Gasteiger partial charge on any atom is 0.387 e. The zero-order valence-corrected chi connectivity index (χ0v) is 15.8. The van der Waals surface area contributed by atoms with Crippen molar-refractivity contribution in [3.63, 3.8) is 0 Å². The van der Waals surface area contributed by atoms with Gasteiger partial charge in [-0.05, 0) is 56.3 Å². The normalized spacial score (nSPS) is 10.8. The molecule has 0 bridgehead atoms. The fourth-order valence-corrected chi connectivity index (χ4v) is 2.99. The molecule has 0 aliphatic carbocycles. The number of esters is 1. The number of Topliss-reactive ketones (excluding diaryl/α,β-unsaturated/α-hetero) is 1. The third kappa shape index (κ3) is 4.66. The number of carbonyl (C=O) groups excluding carboxylic acids is 2. The van der Waals surface area contributed by atoms with Crippen LogP contribution in [0.25, 0.3) is 5.69 Å². The zero-order chi connectivity index (χ0) is 21.0. The van der Waals surface area contributed by atoms with Crippen molar-refractivity contribution in [1.29, 1.82) is 0 Å². The average molecular weight is 400 g/mol. The van der Waals surface area contributed by atoms with E-state index in [4.69, 9.17) is 4.74 Å². The average Bonchev–Trinajstić information content (AvgIpc) is 3.01. The highest BCUT2D eigenvalue weighted by molar-refractivity contribution is 6.00. The first-order valence-electron chi connectivity index (χ1n) is 8.72. The van der Waals surface area contributed by atoms with E-state index in [-0.39, 0.29) is 17.2 Å². The highest BCUT2D eigenvalue weighted by Crippen LogP contribution is 2.24. The van der Waals surface area contributed by atoms with E-state index in [9.17, 15) is 18.4 Å². The first-order chi connectivity index (χ1) is 13.9. The van der Waals surface area contributed by atoms with Crippen LogP contribution in [0.5, 0.6) is 5.75 Å². The van der Waals surface area contributed by atoms with E-state index < -0.39 is 19.2 Å². The first-order valence-corrected chi connectivity index (χ1v) is 8.72. The summed E-state index contributed by atoms with van der Waals surface area (Å²) in [5, 5.41) is 0. The monoisotopic (exact) mass is 400 g/mol. The second-order valence-corrected chi connectivity index (χ2v) is 6.21. The standard InChI is InChI=1S/C21H18F2N2O4/c1-13-11-17(19(26)12-28-20(27)18-5-3-4-10-24-18)14(2)25(13)15-6-8-16(9-7-15)29-21(22)23/h3-11,21H,12H2,1-2H3. The van der Waals surface area contributed by atoms with Crippen LogP contribution >= 0.6 is 0 Å². The first kappa shape index (κ1) is 20.2. The van der Waals surface area contributed by atoms with Gasteiger partial charge in [-0.2, -0.15) is 8.78 Å². The van der Waals surface area contributed by atoms with E-state index >= 15 is 0 Å². The van der Waals surface area contributed by atoms with Crippen molar-refractivity contribution >= 4 is 11.8 Å². The largest absolute Gasteiger partial charge is 0.453 e. The molecule has 0 amide bonds. The number of ether oxygens (including phenoxy) is 2. The van der Waals surface area contributed by atoms with Crippen LogP contribution < -0.4 is 4.74 Å². The summed E-state index contributed by atoms with van der Waals surface area (Å²) in [7, 11) is 0. The van der Waals surface area contributed by atoms with Crippen molar-refractivity contribution in [2.24, 2.45) is 0 Å². The predicted octanol–water partition coefficient (Wildman–Crippen LogP) is 4.13. The van der Waals surface area contributed by atoms with Gasteiger partial charge in [-0.1, -0.05) is 6.07 Å². The Balaban J connectivity index is 1.74. The molecule has 0 atom stereocenters. The molecule has 2 heterocycles. The van der Waals surface area contributed by atoms with E-state index in [1.54, 1.807) is 41.8 Å². The van der Waals surface area contributed by atoms with Crippen molar-refractivity contribution in [3.8, 4) is 11.4 Å². The molecule has 0 saturated carbocycles. The Labute approximate surface area is 165 Å². The number of halogens is 2. The Morgan fingerprint density at radius 1 is 1.10 bits per heavy atom. The summed E-state index contributed by atoms with van der Waals surface area (Å²) in [5.41, 5.74) is 2.63. The van der Waals surface area contributed by atoms with Crippen LogP contribution in [0.1, 0.15) is 32.2 Å². The minimum Gasteiger partial charge on any atom is -0.453 e. The molecule has 150 valence electrons. The van der Waals surface area contributed by atoms with Crippen molar-refractivity contribution in [2.45, 2.75) is 20.5 Å². The summed E-state index contributed by atoms with van der Waals surface area (Å²) in [5.74, 6) is -0.988. The van der Waals surface area contributed by atoms with Gasteiger partial charge in [0.05, 0.1) is 0 Å². The summed E-state index contributed by atoms with van der Waals surface area (Å²) in [6.07, 6.45) is 1.46. The summed E-state index contributed by atoms with van der Waals surface area (Å²) < 4.78 is 35.8. The van der Waals surface area contributed by atoms with Crippen LogP contribution in [0.15, 0.2) is 54.7 Å². The van der Waals surface area contributed by atoms with Gasteiger partial charge in [-0.15, -0.1) is 0 Å². The van der Waals surface area contributed by atoms with Gasteiger partial charge >= 0.3 is 12.6 Å². The van der Waals surface area contributed by atoms with Gasteiger partial charge in [-0.3, -0.25) is 4.79 Å². The predicted molar refractivity (Wildman–Crippen MR) is 101 cm³/mol. The van der Waals surface area contributed by atoms with Gasteiger partial charge in [0.25, 0.3) is 0 Å². The number of ketones is 1. The number of aromatic nitrogens is 2. The number of nitrogens with zero attached hydrogens (tertiary/aromatic N) is 2. The van der Waals surface area contributed by atoms with Gasteiger partial charge < -0.3 is 14.0 Å². The van der Waals surface area contributed by atoms with Crippen LogP contribution in [0, 0.1) is 13.8 Å². The lowest BCUT2D eigenvalue weighted by Gasteiger charge is -2.11. The number of aryl methyl sites for hydroxylation is 1. The lowest BCUT2D eigenvalue weighted by Crippen LogP contribution is -2.15. The maximum atomic E-state index is 12.6. The van der Waals surface area contributed by atoms with E-state index in [1.165, 1.54) is 24.4 Å². The molecule has 0 unspecified atom stereocenters. The number of hydrogen-bond acceptors (Lipinski definition) is 5. The number of carbonyl (C=O) groups is 2. The highest BCUT2D eigenvalue weighted by Gasteiger charge is 2.19. The van der Waals surface area contributed by atoms with Crippen LogP contribution in [-0.2, 0) is 4.74 Å². The Bertz CT molecular complexity index is 1020. The molecule has 3 rings (SSSR count). The van der Waals surface area contributed by atoms with Crippen molar-refractivity contribution in [1.82, 2.24) is 9.55 Å². The molecular formula is C21H18F2N2O4. The second-order valence-electron chi connectivity index (χ2n) is 6.21. The molecule has 0 spiro atoms. The number of rotatable bonds is 7. The minimum atomic E-state index is -2.89. The van der Waals surface area contributed by atoms with Gasteiger partial charge in [-0.25, -0.2) is 9.78 Å². The van der Waals surface area contributed by atoms with E-state index in [2.05, 4.69) is 9.72 Å². The van der Waals surface area contributed by atoms with Crippen LogP contribution in [-0.4, -0.2) is 34.5 Å². The molecule has 0 fully saturated rings. The summed E-state index contributed by atoms with van der Waals surface area (Å²) in [4.78, 5) is 28.4. The van der Waals surface area contributed by atoms with E-state index in [0.29, 0.717) is 16.9 Å². The minimum absolute atomic E-state index is 0.0453. The lowest BCUT2D eigenvalue weighted by molar-refractivity contribution is -0.0498. The molecule has 0 saturated heterocycles. The molecule has 2 aromatic heterocycles. The fraction of sp³-hybridized carbons (Fsp3) is 0.190. The Morgan fingerprint density at radius 3 is 2.45 bits per heavy atom. The van der Waals surface area contributed by atoms with Gasteiger partial charge in [0, 0.05) is 28.8 Å². The lowest BCUT2D eigenvalue weighted by atomic mass is 10.1. The number of benzene rings is 1. The molecule has 8 heteroatoms. The Kier molecular flexibility index (Phi) is 6.01. The smallest absolute Gasteiger partial charge is 0.387 e.